The van der Waals surface area contributed by atoms with E-state index in [1.54, 1.807) is 0 Å². The number of piperazine rings is 1. The molecule has 4 heteroatoms. The molecule has 2 fully saturated rings. The van der Waals surface area contributed by atoms with Crippen LogP contribution in [0.5, 0.6) is 0 Å². The van der Waals surface area contributed by atoms with Crippen LogP contribution in [0.15, 0.2) is 0 Å². The largest absolute Gasteiger partial charge is 0.340 e. The average molecular weight is 238 g/mol. The summed E-state index contributed by atoms with van der Waals surface area (Å²) in [4.78, 5) is 26.3. The van der Waals surface area contributed by atoms with Gasteiger partial charge in [0.2, 0.25) is 11.8 Å². The molecule has 2 unspecified atom stereocenters. The monoisotopic (exact) mass is 238 g/mol. The van der Waals surface area contributed by atoms with E-state index >= 15 is 0 Å². The van der Waals surface area contributed by atoms with Crippen molar-refractivity contribution in [2.75, 3.05) is 0 Å². The van der Waals surface area contributed by atoms with E-state index in [4.69, 9.17) is 0 Å². The van der Waals surface area contributed by atoms with Gasteiger partial charge >= 0.3 is 0 Å². The van der Waals surface area contributed by atoms with E-state index in [2.05, 4.69) is 12.2 Å². The van der Waals surface area contributed by atoms with E-state index in [9.17, 15) is 9.59 Å². The minimum atomic E-state index is -0.706. The zero-order valence-corrected chi connectivity index (χ0v) is 11.1. The first-order valence-electron chi connectivity index (χ1n) is 6.54. The standard InChI is InChI=1S/C13H22N2O2/c1-5-13(4)12(17)15(9(3)11(16)14-13)10-6-8(2)7-10/h8-10H,5-7H2,1-4H3,(H,14,16). The fraction of sp³-hybridized carbons (Fsp3) is 0.846. The molecule has 1 aliphatic carbocycles. The smallest absolute Gasteiger partial charge is 0.248 e. The van der Waals surface area contributed by atoms with E-state index in [1.165, 1.54) is 0 Å². The summed E-state index contributed by atoms with van der Waals surface area (Å²) in [7, 11) is 0. The van der Waals surface area contributed by atoms with Crippen molar-refractivity contribution < 1.29 is 9.59 Å². The fourth-order valence-electron chi connectivity index (χ4n) is 2.83. The second-order valence-electron chi connectivity index (χ2n) is 5.79. The first-order chi connectivity index (χ1) is 7.89. The molecule has 0 radical (unpaired) electrons. The van der Waals surface area contributed by atoms with Gasteiger partial charge in [-0.05, 0) is 39.0 Å². The number of rotatable bonds is 2. The molecule has 1 heterocycles. The second-order valence-corrected chi connectivity index (χ2v) is 5.79. The molecule has 2 atom stereocenters. The zero-order chi connectivity index (χ0) is 12.8. The molecule has 0 bridgehead atoms. The molecule has 0 aromatic rings. The summed E-state index contributed by atoms with van der Waals surface area (Å²) in [5, 5.41) is 2.86. The van der Waals surface area contributed by atoms with Crippen LogP contribution in [-0.2, 0) is 9.59 Å². The molecular weight excluding hydrogens is 216 g/mol. The Hall–Kier alpha value is -1.06. The number of carbonyl (C=O) groups excluding carboxylic acids is 2. The molecule has 2 aliphatic rings. The highest BCUT2D eigenvalue weighted by atomic mass is 16.2. The van der Waals surface area contributed by atoms with E-state index < -0.39 is 5.54 Å². The zero-order valence-electron chi connectivity index (χ0n) is 11.1. The minimum Gasteiger partial charge on any atom is -0.340 e. The highest BCUT2D eigenvalue weighted by Gasteiger charge is 2.49. The Bertz CT molecular complexity index is 349. The summed E-state index contributed by atoms with van der Waals surface area (Å²) < 4.78 is 0. The predicted octanol–water partition coefficient (Wildman–Crippen LogP) is 1.30. The Kier molecular flexibility index (Phi) is 2.92. The summed E-state index contributed by atoms with van der Waals surface area (Å²) in [6, 6.07) is -0.0518. The highest BCUT2D eigenvalue weighted by Crippen LogP contribution is 2.35. The molecule has 96 valence electrons. The number of hydrogen-bond acceptors (Lipinski definition) is 2. The van der Waals surface area contributed by atoms with Crippen molar-refractivity contribution in [2.45, 2.75) is 64.6 Å². The van der Waals surface area contributed by atoms with Crippen LogP contribution in [-0.4, -0.2) is 34.3 Å². The van der Waals surface area contributed by atoms with Crippen LogP contribution in [0.1, 0.15) is 47.0 Å². The lowest BCUT2D eigenvalue weighted by Gasteiger charge is -2.50. The molecule has 0 spiro atoms. The SMILES string of the molecule is CCC1(C)NC(=O)C(C)N(C2CC(C)C2)C1=O. The number of carbonyl (C=O) groups is 2. The normalized spacial score (nSPS) is 42.1. The van der Waals surface area contributed by atoms with Crippen LogP contribution in [0.4, 0.5) is 0 Å². The van der Waals surface area contributed by atoms with Crippen molar-refractivity contribution in [2.24, 2.45) is 5.92 Å². The Morgan fingerprint density at radius 1 is 1.35 bits per heavy atom. The summed E-state index contributed by atoms with van der Waals surface area (Å²) in [5.74, 6) is 0.746. The third kappa shape index (κ3) is 1.83. The second kappa shape index (κ2) is 4.00. The van der Waals surface area contributed by atoms with E-state index in [0.717, 1.165) is 12.8 Å². The minimum absolute atomic E-state index is 0.0199. The van der Waals surface area contributed by atoms with Crippen LogP contribution in [0.3, 0.4) is 0 Å². The number of nitrogens with one attached hydrogen (secondary N) is 1. The van der Waals surface area contributed by atoms with Gasteiger partial charge in [-0.25, -0.2) is 0 Å². The molecule has 1 saturated carbocycles. The van der Waals surface area contributed by atoms with Crippen molar-refractivity contribution in [3.8, 4) is 0 Å². The lowest BCUT2D eigenvalue weighted by Crippen LogP contribution is -2.71. The van der Waals surface area contributed by atoms with Crippen LogP contribution < -0.4 is 5.32 Å². The molecule has 1 N–H and O–H groups in total. The van der Waals surface area contributed by atoms with E-state index in [-0.39, 0.29) is 23.9 Å². The fourth-order valence-corrected chi connectivity index (χ4v) is 2.83. The van der Waals surface area contributed by atoms with Gasteiger partial charge in [0.25, 0.3) is 0 Å². The molecule has 4 nitrogen and oxygen atoms in total. The lowest BCUT2D eigenvalue weighted by molar-refractivity contribution is -0.159. The Morgan fingerprint density at radius 3 is 2.41 bits per heavy atom. The molecule has 2 amide bonds. The lowest BCUT2D eigenvalue weighted by atomic mass is 9.78. The van der Waals surface area contributed by atoms with Gasteiger partial charge in [-0.2, -0.15) is 0 Å². The van der Waals surface area contributed by atoms with E-state index in [1.807, 2.05) is 25.7 Å². The highest BCUT2D eigenvalue weighted by molar-refractivity contribution is 5.99. The van der Waals surface area contributed by atoms with Crippen LogP contribution in [0.2, 0.25) is 0 Å². The Morgan fingerprint density at radius 2 is 1.94 bits per heavy atom. The molecule has 17 heavy (non-hydrogen) atoms. The first-order valence-corrected chi connectivity index (χ1v) is 6.54. The van der Waals surface area contributed by atoms with Crippen molar-refractivity contribution in [1.82, 2.24) is 10.2 Å². The maximum absolute atomic E-state index is 12.5. The number of nitrogens with zero attached hydrogens (tertiary/aromatic N) is 1. The topological polar surface area (TPSA) is 49.4 Å². The molecule has 1 aliphatic heterocycles. The third-order valence-corrected chi connectivity index (χ3v) is 4.35. The summed E-state index contributed by atoms with van der Waals surface area (Å²) in [6.07, 6.45) is 2.70. The van der Waals surface area contributed by atoms with Gasteiger partial charge in [0.15, 0.2) is 0 Å². The van der Waals surface area contributed by atoms with Crippen LogP contribution in [0.25, 0.3) is 0 Å². The third-order valence-electron chi connectivity index (χ3n) is 4.35. The van der Waals surface area contributed by atoms with Crippen molar-refractivity contribution in [1.29, 1.82) is 0 Å². The van der Waals surface area contributed by atoms with Gasteiger partial charge in [0.1, 0.15) is 11.6 Å². The van der Waals surface area contributed by atoms with Crippen LogP contribution >= 0.6 is 0 Å². The molecule has 2 rings (SSSR count). The van der Waals surface area contributed by atoms with Crippen molar-refractivity contribution in [3.63, 3.8) is 0 Å². The first kappa shape index (κ1) is 12.4. The Balaban J connectivity index is 2.22. The number of hydrogen-bond donors (Lipinski definition) is 1. The van der Waals surface area contributed by atoms with E-state index in [0.29, 0.717) is 12.3 Å². The quantitative estimate of drug-likeness (QED) is 0.788. The molecule has 0 aromatic heterocycles. The molecule has 1 saturated heterocycles. The maximum atomic E-state index is 12.5. The number of amides is 2. The van der Waals surface area contributed by atoms with Crippen molar-refractivity contribution >= 4 is 11.8 Å². The Labute approximate surface area is 103 Å². The maximum Gasteiger partial charge on any atom is 0.248 e. The van der Waals surface area contributed by atoms with Gasteiger partial charge in [-0.15, -0.1) is 0 Å². The molecular formula is C13H22N2O2. The summed E-state index contributed by atoms with van der Waals surface area (Å²) in [6.45, 7) is 7.78. The summed E-state index contributed by atoms with van der Waals surface area (Å²) in [5.41, 5.74) is -0.706. The van der Waals surface area contributed by atoms with Gasteiger partial charge < -0.3 is 10.2 Å². The van der Waals surface area contributed by atoms with Crippen molar-refractivity contribution in [3.05, 3.63) is 0 Å². The van der Waals surface area contributed by atoms with Gasteiger partial charge in [-0.1, -0.05) is 13.8 Å². The van der Waals surface area contributed by atoms with Gasteiger partial charge in [0.05, 0.1) is 0 Å². The predicted molar refractivity (Wildman–Crippen MR) is 65.3 cm³/mol. The van der Waals surface area contributed by atoms with Gasteiger partial charge in [-0.3, -0.25) is 9.59 Å². The average Bonchev–Trinajstić information content (AvgIpc) is 2.24. The molecule has 0 aromatic carbocycles. The van der Waals surface area contributed by atoms with Gasteiger partial charge in [0, 0.05) is 6.04 Å². The van der Waals surface area contributed by atoms with Crippen LogP contribution in [0, 0.1) is 5.92 Å². The summed E-state index contributed by atoms with van der Waals surface area (Å²) >= 11 is 0.